The second-order valence-electron chi connectivity index (χ2n) is 9.49. The van der Waals surface area contributed by atoms with E-state index in [1.165, 1.54) is 22.9 Å². The van der Waals surface area contributed by atoms with Crippen molar-refractivity contribution in [2.75, 3.05) is 30.8 Å². The van der Waals surface area contributed by atoms with Gasteiger partial charge < -0.3 is 5.32 Å². The summed E-state index contributed by atoms with van der Waals surface area (Å²) in [4.78, 5) is 17.6. The fourth-order valence-electron chi connectivity index (χ4n) is 5.15. The summed E-state index contributed by atoms with van der Waals surface area (Å²) in [7, 11) is -3.25. The van der Waals surface area contributed by atoms with E-state index in [-0.39, 0.29) is 12.1 Å². The van der Waals surface area contributed by atoms with Gasteiger partial charge in [0.05, 0.1) is 4.90 Å². The number of hydrogen-bond donors (Lipinski definition) is 1. The molecular weight excluding hydrogens is 458 g/mol. The third-order valence-electron chi connectivity index (χ3n) is 7.01. The highest BCUT2D eigenvalue weighted by atomic mass is 32.2. The molecule has 5 rings (SSSR count). The number of nitrogens with one attached hydrogen (secondary N) is 1. The lowest BCUT2D eigenvalue weighted by Gasteiger charge is -2.33. The zero-order chi connectivity index (χ0) is 24.4. The molecule has 1 N–H and O–H groups in total. The maximum atomic E-state index is 13.1. The number of carbonyl (C=O) groups is 1. The molecule has 0 aliphatic carbocycles. The maximum Gasteiger partial charge on any atom is 0.322 e. The first kappa shape index (κ1) is 23.6. The van der Waals surface area contributed by atoms with E-state index in [1.54, 1.807) is 12.1 Å². The van der Waals surface area contributed by atoms with Crippen molar-refractivity contribution >= 4 is 21.6 Å². The Bertz CT molecular complexity index is 1320. The summed E-state index contributed by atoms with van der Waals surface area (Å²) in [5, 5.41) is 3.23. The van der Waals surface area contributed by atoms with Crippen molar-refractivity contribution in [2.45, 2.75) is 36.7 Å². The quantitative estimate of drug-likeness (QED) is 0.573. The average Bonchev–Trinajstić information content (AvgIpc) is 3.29. The van der Waals surface area contributed by atoms with Gasteiger partial charge in [-0.05, 0) is 59.7 Å². The number of piperidine rings is 1. The van der Waals surface area contributed by atoms with Crippen LogP contribution >= 0.6 is 0 Å². The van der Waals surface area contributed by atoms with Crippen LogP contribution in [0.15, 0.2) is 77.7 Å². The standard InChI is InChI=1S/C28H31N3O3S/c1-35(33,34)27-10-6-5-9-24(27)20-30-16-14-25(15-17-30)29-28(32)31-18-13-23-19-22(11-12-26(23)31)21-7-3-2-4-8-21/h2-12,19,25H,13-18,20H2,1H3,(H,29,32). The molecule has 6 nitrogen and oxygen atoms in total. The number of carbonyl (C=O) groups excluding carboxylic acids is 1. The van der Waals surface area contributed by atoms with Gasteiger partial charge in [-0.1, -0.05) is 54.6 Å². The number of nitrogens with zero attached hydrogens (tertiary/aromatic N) is 2. The van der Waals surface area contributed by atoms with Gasteiger partial charge in [0.1, 0.15) is 0 Å². The predicted molar refractivity (Wildman–Crippen MR) is 139 cm³/mol. The number of urea groups is 1. The summed E-state index contributed by atoms with van der Waals surface area (Å²) in [6.45, 7) is 2.94. The van der Waals surface area contributed by atoms with Crippen LogP contribution in [0.2, 0.25) is 0 Å². The minimum Gasteiger partial charge on any atom is -0.335 e. The molecule has 7 heteroatoms. The summed E-state index contributed by atoms with van der Waals surface area (Å²) in [6.07, 6.45) is 3.81. The van der Waals surface area contributed by atoms with Gasteiger partial charge in [0, 0.05) is 44.2 Å². The van der Waals surface area contributed by atoms with E-state index in [0.717, 1.165) is 43.6 Å². The van der Waals surface area contributed by atoms with Crippen LogP contribution in [-0.4, -0.2) is 51.3 Å². The lowest BCUT2D eigenvalue weighted by Crippen LogP contribution is -2.49. The molecule has 0 aromatic heterocycles. The summed E-state index contributed by atoms with van der Waals surface area (Å²) >= 11 is 0. The van der Waals surface area contributed by atoms with Crippen molar-refractivity contribution < 1.29 is 13.2 Å². The Morgan fingerprint density at radius 2 is 1.63 bits per heavy atom. The molecule has 1 saturated heterocycles. The Morgan fingerprint density at radius 1 is 0.914 bits per heavy atom. The molecule has 3 aromatic rings. The van der Waals surface area contributed by atoms with Crippen LogP contribution in [0.3, 0.4) is 0 Å². The van der Waals surface area contributed by atoms with Crippen molar-refractivity contribution in [3.8, 4) is 11.1 Å². The predicted octanol–water partition coefficient (Wildman–Crippen LogP) is 4.49. The highest BCUT2D eigenvalue weighted by Gasteiger charge is 2.28. The zero-order valence-corrected chi connectivity index (χ0v) is 20.8. The number of likely N-dealkylation sites (tertiary alicyclic amines) is 1. The first-order chi connectivity index (χ1) is 16.9. The molecule has 1 fully saturated rings. The highest BCUT2D eigenvalue weighted by Crippen LogP contribution is 2.32. The van der Waals surface area contributed by atoms with Crippen LogP contribution in [0.25, 0.3) is 11.1 Å². The number of anilines is 1. The SMILES string of the molecule is CS(=O)(=O)c1ccccc1CN1CCC(NC(=O)N2CCc3cc(-c4ccccc4)ccc32)CC1. The Hall–Kier alpha value is -3.16. The van der Waals surface area contributed by atoms with Gasteiger partial charge in [0.2, 0.25) is 0 Å². The molecule has 2 heterocycles. The summed E-state index contributed by atoms with van der Waals surface area (Å²) in [6, 6.07) is 24.0. The summed E-state index contributed by atoms with van der Waals surface area (Å²) in [5.74, 6) is 0. The zero-order valence-electron chi connectivity index (χ0n) is 20.0. The molecule has 0 saturated carbocycles. The molecule has 0 unspecified atom stereocenters. The fourth-order valence-corrected chi connectivity index (χ4v) is 6.08. The maximum absolute atomic E-state index is 13.1. The Kier molecular flexibility index (Phi) is 6.62. The second kappa shape index (κ2) is 9.84. The number of hydrogen-bond acceptors (Lipinski definition) is 4. The summed E-state index contributed by atoms with van der Waals surface area (Å²) < 4.78 is 24.2. The minimum absolute atomic E-state index is 0.0305. The van der Waals surface area contributed by atoms with Crippen LogP contribution in [-0.2, 0) is 22.8 Å². The first-order valence-corrected chi connectivity index (χ1v) is 14.0. The molecule has 35 heavy (non-hydrogen) atoms. The third-order valence-corrected chi connectivity index (χ3v) is 8.21. The molecule has 0 atom stereocenters. The fraction of sp³-hybridized carbons (Fsp3) is 0.321. The Morgan fingerprint density at radius 3 is 2.37 bits per heavy atom. The van der Waals surface area contributed by atoms with E-state index in [1.807, 2.05) is 35.2 Å². The lowest BCUT2D eigenvalue weighted by atomic mass is 10.0. The van der Waals surface area contributed by atoms with E-state index >= 15 is 0 Å². The van der Waals surface area contributed by atoms with Gasteiger partial charge in [-0.15, -0.1) is 0 Å². The third kappa shape index (κ3) is 5.26. The van der Waals surface area contributed by atoms with Crippen LogP contribution < -0.4 is 10.2 Å². The van der Waals surface area contributed by atoms with Gasteiger partial charge in [0.15, 0.2) is 9.84 Å². The number of rotatable bonds is 5. The number of amides is 2. The Labute approximate surface area is 207 Å². The van der Waals surface area contributed by atoms with Crippen molar-refractivity contribution in [2.24, 2.45) is 0 Å². The van der Waals surface area contributed by atoms with Crippen LogP contribution in [0.1, 0.15) is 24.0 Å². The monoisotopic (exact) mass is 489 g/mol. The molecule has 2 aliphatic heterocycles. The largest absolute Gasteiger partial charge is 0.335 e. The molecule has 0 spiro atoms. The van der Waals surface area contributed by atoms with Crippen molar-refractivity contribution in [3.63, 3.8) is 0 Å². The van der Waals surface area contributed by atoms with Crippen molar-refractivity contribution in [3.05, 3.63) is 83.9 Å². The van der Waals surface area contributed by atoms with Crippen LogP contribution in [0, 0.1) is 0 Å². The molecule has 0 radical (unpaired) electrons. The van der Waals surface area contributed by atoms with E-state index < -0.39 is 9.84 Å². The van der Waals surface area contributed by atoms with Gasteiger partial charge in [0.25, 0.3) is 0 Å². The molecule has 182 valence electrons. The normalized spacial score (nSPS) is 16.8. The van der Waals surface area contributed by atoms with Gasteiger partial charge >= 0.3 is 6.03 Å². The van der Waals surface area contributed by atoms with Crippen LogP contribution in [0.4, 0.5) is 10.5 Å². The minimum atomic E-state index is -3.25. The van der Waals surface area contributed by atoms with Crippen LogP contribution in [0.5, 0.6) is 0 Å². The van der Waals surface area contributed by atoms with Crippen molar-refractivity contribution in [1.29, 1.82) is 0 Å². The molecule has 3 aromatic carbocycles. The van der Waals surface area contributed by atoms with E-state index in [0.29, 0.717) is 18.0 Å². The van der Waals surface area contributed by atoms with E-state index in [2.05, 4.69) is 40.5 Å². The van der Waals surface area contributed by atoms with Gasteiger partial charge in [-0.3, -0.25) is 9.80 Å². The molecule has 2 aliphatic rings. The average molecular weight is 490 g/mol. The van der Waals surface area contributed by atoms with Gasteiger partial charge in [-0.25, -0.2) is 13.2 Å². The second-order valence-corrected chi connectivity index (χ2v) is 11.5. The molecule has 0 bridgehead atoms. The smallest absolute Gasteiger partial charge is 0.322 e. The first-order valence-electron chi connectivity index (χ1n) is 12.2. The number of fused-ring (bicyclic) bond motifs is 1. The lowest BCUT2D eigenvalue weighted by molar-refractivity contribution is 0.187. The number of benzene rings is 3. The number of sulfone groups is 1. The van der Waals surface area contributed by atoms with Gasteiger partial charge in [-0.2, -0.15) is 0 Å². The highest BCUT2D eigenvalue weighted by molar-refractivity contribution is 7.90. The van der Waals surface area contributed by atoms with E-state index in [9.17, 15) is 13.2 Å². The van der Waals surface area contributed by atoms with E-state index in [4.69, 9.17) is 0 Å². The molecular formula is C28H31N3O3S. The topological polar surface area (TPSA) is 69.7 Å². The molecule has 2 amide bonds. The Balaban J connectivity index is 1.17. The summed E-state index contributed by atoms with van der Waals surface area (Å²) in [5.41, 5.74) is 5.40. The van der Waals surface area contributed by atoms with Crippen molar-refractivity contribution in [1.82, 2.24) is 10.2 Å².